The molecule has 0 saturated heterocycles. The van der Waals surface area contributed by atoms with Crippen molar-refractivity contribution in [3.8, 4) is 0 Å². The van der Waals surface area contributed by atoms with E-state index in [2.05, 4.69) is 15.0 Å². The molecule has 7 heteroatoms. The van der Waals surface area contributed by atoms with E-state index < -0.39 is 17.5 Å². The summed E-state index contributed by atoms with van der Waals surface area (Å²) in [4.78, 5) is 25.2. The molecule has 0 saturated carbocycles. The first-order valence-electron chi connectivity index (χ1n) is 5.79. The highest BCUT2D eigenvalue weighted by molar-refractivity contribution is 6.31. The minimum absolute atomic E-state index is 0.0515. The predicted molar refractivity (Wildman–Crippen MR) is 69.4 cm³/mol. The van der Waals surface area contributed by atoms with Crippen LogP contribution in [0.4, 0.5) is 4.39 Å². The maximum atomic E-state index is 13.5. The maximum absolute atomic E-state index is 13.5. The summed E-state index contributed by atoms with van der Waals surface area (Å²) in [6.45, 7) is 5.75. The van der Waals surface area contributed by atoms with Gasteiger partial charge in [-0.2, -0.15) is 0 Å². The normalized spacial score (nSPS) is 9.11. The van der Waals surface area contributed by atoms with Crippen molar-refractivity contribution in [1.29, 1.82) is 0 Å². The molecule has 0 aliphatic heterocycles. The molecule has 1 amide bonds. The van der Waals surface area contributed by atoms with Crippen LogP contribution < -0.4 is 5.32 Å². The van der Waals surface area contributed by atoms with E-state index in [1.807, 2.05) is 13.8 Å². The van der Waals surface area contributed by atoms with E-state index in [1.54, 1.807) is 6.92 Å². The molecule has 1 heterocycles. The molecule has 1 rings (SSSR count). The molecule has 0 unspecified atom stereocenters. The monoisotopic (exact) mass is 290 g/mol. The van der Waals surface area contributed by atoms with Crippen LogP contribution in [0.2, 0.25) is 5.02 Å². The van der Waals surface area contributed by atoms with Crippen molar-refractivity contribution in [3.63, 3.8) is 0 Å². The lowest BCUT2D eigenvalue weighted by atomic mass is 10.3. The zero-order valence-corrected chi connectivity index (χ0v) is 11.8. The van der Waals surface area contributed by atoms with Crippen LogP contribution in [0, 0.1) is 5.82 Å². The lowest BCUT2D eigenvalue weighted by Crippen LogP contribution is -2.16. The Balaban J connectivity index is 0.00000154. The number of hydrogen-bond donors (Lipinski definition) is 1. The highest BCUT2D eigenvalue weighted by Gasteiger charge is 2.19. The Hall–Kier alpha value is -1.69. The molecule has 5 nitrogen and oxygen atoms in total. The van der Waals surface area contributed by atoms with Crippen molar-refractivity contribution in [1.82, 2.24) is 10.3 Å². The Kier molecular flexibility index (Phi) is 8.44. The SMILES string of the molecule is CC.CCOC(=O)c1nc(CNC=O)cc(Cl)c1F. The number of carbonyl (C=O) groups is 2. The largest absolute Gasteiger partial charge is 0.461 e. The van der Waals surface area contributed by atoms with Gasteiger partial charge in [-0.3, -0.25) is 4.79 Å². The summed E-state index contributed by atoms with van der Waals surface area (Å²) < 4.78 is 18.1. The third-order valence-electron chi connectivity index (χ3n) is 1.80. The summed E-state index contributed by atoms with van der Waals surface area (Å²) in [5.74, 6) is -1.82. The Morgan fingerprint density at radius 2 is 2.21 bits per heavy atom. The van der Waals surface area contributed by atoms with Gasteiger partial charge in [0.05, 0.1) is 23.9 Å². The number of carbonyl (C=O) groups excluding carboxylic acids is 2. The van der Waals surface area contributed by atoms with Gasteiger partial charge in [0.2, 0.25) is 6.41 Å². The highest BCUT2D eigenvalue weighted by atomic mass is 35.5. The number of esters is 1. The van der Waals surface area contributed by atoms with Gasteiger partial charge < -0.3 is 10.1 Å². The Morgan fingerprint density at radius 1 is 1.58 bits per heavy atom. The molecule has 0 aliphatic carbocycles. The fraction of sp³-hybridized carbons (Fsp3) is 0.417. The molecule has 1 aromatic heterocycles. The smallest absolute Gasteiger partial charge is 0.360 e. The predicted octanol–water partition coefficient (Wildman–Crippen LogP) is 2.32. The first kappa shape index (κ1) is 17.3. The molecular formula is C12H16ClFN2O3. The quantitative estimate of drug-likeness (QED) is 0.667. The van der Waals surface area contributed by atoms with Gasteiger partial charge >= 0.3 is 5.97 Å². The number of pyridine rings is 1. The maximum Gasteiger partial charge on any atom is 0.360 e. The average molecular weight is 291 g/mol. The van der Waals surface area contributed by atoms with Gasteiger partial charge in [0.1, 0.15) is 0 Å². The first-order chi connectivity index (χ1) is 9.10. The lowest BCUT2D eigenvalue weighted by molar-refractivity contribution is -0.109. The second kappa shape index (κ2) is 9.27. The van der Waals surface area contributed by atoms with Gasteiger partial charge in [-0.05, 0) is 13.0 Å². The number of nitrogens with one attached hydrogen (secondary N) is 1. The van der Waals surface area contributed by atoms with E-state index >= 15 is 0 Å². The molecule has 0 aromatic carbocycles. The number of ether oxygens (including phenoxy) is 1. The van der Waals surface area contributed by atoms with E-state index in [0.717, 1.165) is 0 Å². The van der Waals surface area contributed by atoms with E-state index in [9.17, 15) is 14.0 Å². The van der Waals surface area contributed by atoms with Gasteiger partial charge in [0, 0.05) is 0 Å². The topological polar surface area (TPSA) is 68.3 Å². The van der Waals surface area contributed by atoms with Gasteiger partial charge in [-0.15, -0.1) is 0 Å². The molecule has 0 atom stereocenters. The van der Waals surface area contributed by atoms with Crippen LogP contribution in [0.1, 0.15) is 37.0 Å². The fourth-order valence-electron chi connectivity index (χ4n) is 1.12. The first-order valence-corrected chi connectivity index (χ1v) is 6.17. The van der Waals surface area contributed by atoms with Crippen molar-refractivity contribution in [3.05, 3.63) is 28.3 Å². The van der Waals surface area contributed by atoms with Crippen molar-refractivity contribution < 1.29 is 18.7 Å². The van der Waals surface area contributed by atoms with Crippen LogP contribution in [0.3, 0.4) is 0 Å². The molecular weight excluding hydrogens is 275 g/mol. The second-order valence-electron chi connectivity index (χ2n) is 2.98. The Labute approximate surface area is 116 Å². The van der Waals surface area contributed by atoms with Crippen LogP contribution in [-0.2, 0) is 16.1 Å². The standard InChI is InChI=1S/C10H10ClFN2O3.C2H6/c1-2-17-10(16)9-8(12)7(11)3-6(14-9)4-13-5-15;1-2/h3,5H,2,4H2,1H3,(H,13,15);1-2H3. The second-order valence-corrected chi connectivity index (χ2v) is 3.38. The van der Waals surface area contributed by atoms with Gasteiger partial charge in [-0.25, -0.2) is 14.2 Å². The lowest BCUT2D eigenvalue weighted by Gasteiger charge is -2.06. The Bertz CT molecular complexity index is 441. The Morgan fingerprint density at radius 3 is 2.74 bits per heavy atom. The highest BCUT2D eigenvalue weighted by Crippen LogP contribution is 2.19. The summed E-state index contributed by atoms with van der Waals surface area (Å²) >= 11 is 5.60. The van der Waals surface area contributed by atoms with E-state index in [1.165, 1.54) is 6.07 Å². The molecule has 0 bridgehead atoms. The van der Waals surface area contributed by atoms with Crippen LogP contribution in [0.15, 0.2) is 6.07 Å². The number of amides is 1. The molecule has 0 aliphatic rings. The summed E-state index contributed by atoms with van der Waals surface area (Å²) in [5, 5.41) is 2.09. The third-order valence-corrected chi connectivity index (χ3v) is 2.08. The van der Waals surface area contributed by atoms with Crippen molar-refractivity contribution >= 4 is 24.0 Å². The summed E-state index contributed by atoms with van der Waals surface area (Å²) in [6, 6.07) is 1.23. The molecule has 19 heavy (non-hydrogen) atoms. The van der Waals surface area contributed by atoms with Crippen LogP contribution in [-0.4, -0.2) is 24.0 Å². The van der Waals surface area contributed by atoms with Crippen LogP contribution >= 0.6 is 11.6 Å². The van der Waals surface area contributed by atoms with E-state index in [-0.39, 0.29) is 23.9 Å². The van der Waals surface area contributed by atoms with Gasteiger partial charge in [-0.1, -0.05) is 25.4 Å². The molecule has 0 spiro atoms. The molecule has 1 aromatic rings. The minimum Gasteiger partial charge on any atom is -0.461 e. The van der Waals surface area contributed by atoms with E-state index in [4.69, 9.17) is 11.6 Å². The molecule has 1 N–H and O–H groups in total. The minimum atomic E-state index is -0.931. The molecule has 0 fully saturated rings. The number of hydrogen-bond acceptors (Lipinski definition) is 4. The zero-order valence-electron chi connectivity index (χ0n) is 11.0. The number of rotatable bonds is 5. The molecule has 106 valence electrons. The van der Waals surface area contributed by atoms with Crippen molar-refractivity contribution in [2.45, 2.75) is 27.3 Å². The van der Waals surface area contributed by atoms with E-state index in [0.29, 0.717) is 6.41 Å². The zero-order chi connectivity index (χ0) is 14.8. The molecule has 0 radical (unpaired) electrons. The van der Waals surface area contributed by atoms with Crippen molar-refractivity contribution in [2.75, 3.05) is 6.61 Å². The van der Waals surface area contributed by atoms with Crippen LogP contribution in [0.5, 0.6) is 0 Å². The average Bonchev–Trinajstić information content (AvgIpc) is 2.42. The fourth-order valence-corrected chi connectivity index (χ4v) is 1.33. The number of halogens is 2. The summed E-state index contributed by atoms with van der Waals surface area (Å²) in [5.41, 5.74) is -0.214. The summed E-state index contributed by atoms with van der Waals surface area (Å²) in [6.07, 6.45) is 0.461. The van der Waals surface area contributed by atoms with Gasteiger partial charge in [0.25, 0.3) is 0 Å². The third kappa shape index (κ3) is 5.21. The van der Waals surface area contributed by atoms with Crippen molar-refractivity contribution in [2.24, 2.45) is 0 Å². The van der Waals surface area contributed by atoms with Crippen LogP contribution in [0.25, 0.3) is 0 Å². The summed E-state index contributed by atoms with van der Waals surface area (Å²) in [7, 11) is 0. The number of aromatic nitrogens is 1. The number of nitrogens with zero attached hydrogens (tertiary/aromatic N) is 1. The van der Waals surface area contributed by atoms with Gasteiger partial charge in [0.15, 0.2) is 11.5 Å².